The van der Waals surface area contributed by atoms with Gasteiger partial charge in [0.05, 0.1) is 12.6 Å². The molecule has 0 spiro atoms. The lowest BCUT2D eigenvalue weighted by atomic mass is 9.94. The molecule has 0 saturated carbocycles. The number of benzene rings is 1. The molecule has 0 unspecified atom stereocenters. The van der Waals surface area contributed by atoms with Gasteiger partial charge >= 0.3 is 0 Å². The lowest BCUT2D eigenvalue weighted by molar-refractivity contribution is -0.182. The van der Waals surface area contributed by atoms with Crippen LogP contribution in [-0.4, -0.2) is 40.6 Å². The van der Waals surface area contributed by atoms with E-state index in [0.29, 0.717) is 56.0 Å². The molecule has 3 heterocycles. The Balaban J connectivity index is 1.43. The van der Waals surface area contributed by atoms with E-state index >= 15 is 0 Å². The highest BCUT2D eigenvalue weighted by atomic mass is 19.1. The summed E-state index contributed by atoms with van der Waals surface area (Å²) in [5, 5.41) is 10.3. The summed E-state index contributed by atoms with van der Waals surface area (Å²) in [4.78, 5) is 28.6. The number of amides is 1. The summed E-state index contributed by atoms with van der Waals surface area (Å²) in [6.07, 6.45) is 3.03. The standard InChI is InChI=1S/C20H19F2N5O2/c21-15-7-14(8-16(22)9-15)18-3-6-29-27(18)20(28)13-1-4-26(5-2-13)19-10-17(11-23)24-12-25-19/h7-10,12-13,18H,1-6H2/t18-/m0/s1. The number of piperidine rings is 1. The van der Waals surface area contributed by atoms with Gasteiger partial charge in [0, 0.05) is 37.6 Å². The second-order valence-electron chi connectivity index (χ2n) is 7.14. The lowest BCUT2D eigenvalue weighted by Gasteiger charge is -2.34. The van der Waals surface area contributed by atoms with E-state index in [1.165, 1.54) is 23.5 Å². The van der Waals surface area contributed by atoms with Crippen LogP contribution in [0.15, 0.2) is 30.6 Å². The third-order valence-corrected chi connectivity index (χ3v) is 5.33. The molecule has 2 aliphatic heterocycles. The van der Waals surface area contributed by atoms with Crippen LogP contribution in [0.1, 0.15) is 36.6 Å². The second-order valence-corrected chi connectivity index (χ2v) is 7.14. The minimum Gasteiger partial charge on any atom is -0.356 e. The Morgan fingerprint density at radius 2 is 1.83 bits per heavy atom. The van der Waals surface area contributed by atoms with Crippen LogP contribution in [0.2, 0.25) is 0 Å². The first-order valence-electron chi connectivity index (χ1n) is 9.44. The molecule has 2 fully saturated rings. The van der Waals surface area contributed by atoms with Gasteiger partial charge in [0.1, 0.15) is 35.5 Å². The van der Waals surface area contributed by atoms with Crippen molar-refractivity contribution in [2.45, 2.75) is 25.3 Å². The van der Waals surface area contributed by atoms with Gasteiger partial charge in [0.15, 0.2) is 0 Å². The third-order valence-electron chi connectivity index (χ3n) is 5.33. The van der Waals surface area contributed by atoms with E-state index in [1.807, 2.05) is 11.0 Å². The van der Waals surface area contributed by atoms with Crippen LogP contribution in [-0.2, 0) is 9.63 Å². The zero-order chi connectivity index (χ0) is 20.4. The van der Waals surface area contributed by atoms with Crippen molar-refractivity contribution >= 4 is 11.7 Å². The SMILES string of the molecule is N#Cc1cc(N2CCC(C(=O)N3OCC[C@H]3c3cc(F)cc(F)c3)CC2)ncn1. The Hall–Kier alpha value is -3.12. The number of anilines is 1. The van der Waals surface area contributed by atoms with Gasteiger partial charge in [-0.2, -0.15) is 5.26 Å². The number of carbonyl (C=O) groups excluding carboxylic acids is 1. The number of nitriles is 1. The van der Waals surface area contributed by atoms with Gasteiger partial charge in [0.2, 0.25) is 5.91 Å². The maximum Gasteiger partial charge on any atom is 0.249 e. The second kappa shape index (κ2) is 8.09. The smallest absolute Gasteiger partial charge is 0.249 e. The van der Waals surface area contributed by atoms with E-state index < -0.39 is 17.7 Å². The number of rotatable bonds is 3. The molecule has 0 radical (unpaired) electrons. The van der Waals surface area contributed by atoms with Crippen LogP contribution in [0.25, 0.3) is 0 Å². The number of aromatic nitrogens is 2. The quantitative estimate of drug-likeness (QED) is 0.789. The molecule has 1 aromatic carbocycles. The summed E-state index contributed by atoms with van der Waals surface area (Å²) in [5.74, 6) is -1.10. The molecule has 2 aromatic rings. The third kappa shape index (κ3) is 4.03. The molecule has 0 bridgehead atoms. The molecule has 1 amide bonds. The minimum atomic E-state index is -0.672. The van der Waals surface area contributed by atoms with E-state index in [4.69, 9.17) is 10.1 Å². The molecular formula is C20H19F2N5O2. The Kier molecular flexibility index (Phi) is 5.36. The molecule has 29 heavy (non-hydrogen) atoms. The fourth-order valence-corrected chi connectivity index (χ4v) is 3.87. The van der Waals surface area contributed by atoms with Crippen molar-refractivity contribution in [3.05, 3.63) is 53.5 Å². The predicted molar refractivity (Wildman–Crippen MR) is 98.2 cm³/mol. The van der Waals surface area contributed by atoms with Gasteiger partial charge in [-0.15, -0.1) is 0 Å². The number of nitrogens with zero attached hydrogens (tertiary/aromatic N) is 5. The molecule has 4 rings (SSSR count). The predicted octanol–water partition coefficient (Wildman–Crippen LogP) is 2.75. The van der Waals surface area contributed by atoms with Crippen LogP contribution >= 0.6 is 0 Å². The van der Waals surface area contributed by atoms with Crippen LogP contribution < -0.4 is 4.90 Å². The van der Waals surface area contributed by atoms with Gasteiger partial charge in [0.25, 0.3) is 0 Å². The molecule has 9 heteroatoms. The van der Waals surface area contributed by atoms with Crippen LogP contribution in [0.5, 0.6) is 0 Å². The fraction of sp³-hybridized carbons (Fsp3) is 0.400. The van der Waals surface area contributed by atoms with E-state index in [9.17, 15) is 13.6 Å². The monoisotopic (exact) mass is 399 g/mol. The number of hydrogen-bond acceptors (Lipinski definition) is 6. The first-order chi connectivity index (χ1) is 14.0. The van der Waals surface area contributed by atoms with Crippen molar-refractivity contribution in [1.29, 1.82) is 5.26 Å². The summed E-state index contributed by atoms with van der Waals surface area (Å²) in [5.41, 5.74) is 0.694. The molecule has 2 aliphatic rings. The van der Waals surface area contributed by atoms with Crippen molar-refractivity contribution in [3.8, 4) is 6.07 Å². The Morgan fingerprint density at radius 1 is 1.10 bits per heavy atom. The minimum absolute atomic E-state index is 0.169. The molecule has 150 valence electrons. The fourth-order valence-electron chi connectivity index (χ4n) is 3.87. The van der Waals surface area contributed by atoms with Crippen molar-refractivity contribution in [3.63, 3.8) is 0 Å². The lowest BCUT2D eigenvalue weighted by Crippen LogP contribution is -2.42. The van der Waals surface area contributed by atoms with Gasteiger partial charge in [-0.05, 0) is 30.5 Å². The summed E-state index contributed by atoms with van der Waals surface area (Å²) in [6, 6.07) is 6.42. The summed E-state index contributed by atoms with van der Waals surface area (Å²) < 4.78 is 27.2. The largest absolute Gasteiger partial charge is 0.356 e. The highest BCUT2D eigenvalue weighted by Crippen LogP contribution is 2.34. The van der Waals surface area contributed by atoms with Gasteiger partial charge in [-0.3, -0.25) is 9.63 Å². The molecule has 0 N–H and O–H groups in total. The van der Waals surface area contributed by atoms with Gasteiger partial charge in [-0.1, -0.05) is 0 Å². The summed E-state index contributed by atoms with van der Waals surface area (Å²) >= 11 is 0. The highest BCUT2D eigenvalue weighted by molar-refractivity contribution is 5.79. The van der Waals surface area contributed by atoms with E-state index in [2.05, 4.69) is 9.97 Å². The zero-order valence-electron chi connectivity index (χ0n) is 15.6. The first kappa shape index (κ1) is 19.2. The zero-order valence-corrected chi connectivity index (χ0v) is 15.6. The van der Waals surface area contributed by atoms with Crippen molar-refractivity contribution in [1.82, 2.24) is 15.0 Å². The average molecular weight is 399 g/mol. The molecule has 1 aromatic heterocycles. The van der Waals surface area contributed by atoms with Crippen molar-refractivity contribution < 1.29 is 18.4 Å². The molecule has 0 aliphatic carbocycles. The molecule has 7 nitrogen and oxygen atoms in total. The maximum atomic E-state index is 13.6. The van der Waals surface area contributed by atoms with Crippen LogP contribution in [0.3, 0.4) is 0 Å². The van der Waals surface area contributed by atoms with E-state index in [1.54, 1.807) is 6.07 Å². The van der Waals surface area contributed by atoms with Crippen LogP contribution in [0.4, 0.5) is 14.6 Å². The molecular weight excluding hydrogens is 380 g/mol. The Bertz CT molecular complexity index is 936. The van der Waals surface area contributed by atoms with Gasteiger partial charge in [-0.25, -0.2) is 23.8 Å². The summed E-state index contributed by atoms with van der Waals surface area (Å²) in [7, 11) is 0. The van der Waals surface area contributed by atoms with Crippen LogP contribution in [0, 0.1) is 28.9 Å². The molecule has 1 atom stereocenters. The van der Waals surface area contributed by atoms with E-state index in [-0.39, 0.29) is 11.8 Å². The summed E-state index contributed by atoms with van der Waals surface area (Å²) in [6.45, 7) is 1.53. The highest BCUT2D eigenvalue weighted by Gasteiger charge is 2.37. The first-order valence-corrected chi connectivity index (χ1v) is 9.44. The normalized spacial score (nSPS) is 20.0. The topological polar surface area (TPSA) is 82.4 Å². The Morgan fingerprint density at radius 3 is 2.52 bits per heavy atom. The number of halogens is 2. The average Bonchev–Trinajstić information content (AvgIpc) is 3.23. The Labute approximate surface area is 166 Å². The van der Waals surface area contributed by atoms with E-state index in [0.717, 1.165) is 6.07 Å². The maximum absolute atomic E-state index is 13.6. The number of carbonyl (C=O) groups is 1. The van der Waals surface area contributed by atoms with Crippen molar-refractivity contribution in [2.24, 2.45) is 5.92 Å². The molecule has 2 saturated heterocycles. The number of hydrogen-bond donors (Lipinski definition) is 0. The van der Waals surface area contributed by atoms with Crippen molar-refractivity contribution in [2.75, 3.05) is 24.6 Å². The number of hydroxylamine groups is 2. The van der Waals surface area contributed by atoms with Gasteiger partial charge < -0.3 is 4.90 Å².